The van der Waals surface area contributed by atoms with Crippen molar-refractivity contribution in [3.63, 3.8) is 0 Å². The van der Waals surface area contributed by atoms with Crippen molar-refractivity contribution in [1.82, 2.24) is 10.2 Å². The summed E-state index contributed by atoms with van der Waals surface area (Å²) in [7, 11) is 0. The van der Waals surface area contributed by atoms with Crippen LogP contribution in [0.15, 0.2) is 0 Å². The maximum Gasteiger partial charge on any atom is 0.0622 e. The molecule has 3 rings (SSSR count). The average molecular weight is 294 g/mol. The zero-order valence-electron chi connectivity index (χ0n) is 14.0. The van der Waals surface area contributed by atoms with Crippen LogP contribution in [-0.4, -0.2) is 49.3 Å². The van der Waals surface area contributed by atoms with E-state index in [2.05, 4.69) is 24.1 Å². The second-order valence-electron chi connectivity index (χ2n) is 7.58. The number of hydrogen-bond acceptors (Lipinski definition) is 3. The monoisotopic (exact) mass is 294 g/mol. The lowest BCUT2D eigenvalue weighted by atomic mass is 9.81. The number of piperazine rings is 1. The van der Waals surface area contributed by atoms with Crippen LogP contribution in [-0.2, 0) is 4.74 Å². The summed E-state index contributed by atoms with van der Waals surface area (Å²) in [6.07, 6.45) is 9.77. The first-order valence-corrected chi connectivity index (χ1v) is 9.36. The SMILES string of the molecule is CCC(C)C1CNC(C2CCCCC2)CN1C1CCOC1. The minimum absolute atomic E-state index is 0.678. The second-order valence-corrected chi connectivity index (χ2v) is 7.58. The average Bonchev–Trinajstić information content (AvgIpc) is 3.09. The maximum absolute atomic E-state index is 5.69. The lowest BCUT2D eigenvalue weighted by Crippen LogP contribution is -2.63. The fourth-order valence-corrected chi connectivity index (χ4v) is 4.67. The Labute approximate surface area is 130 Å². The van der Waals surface area contributed by atoms with Crippen LogP contribution >= 0.6 is 0 Å². The molecule has 0 spiro atoms. The minimum Gasteiger partial charge on any atom is -0.380 e. The van der Waals surface area contributed by atoms with Crippen LogP contribution in [0.25, 0.3) is 0 Å². The molecule has 0 bridgehead atoms. The molecule has 2 aliphatic heterocycles. The standard InChI is InChI=1S/C18H34N2O/c1-3-14(2)18-11-19-17(15-7-5-4-6-8-15)12-20(18)16-9-10-21-13-16/h14-19H,3-13H2,1-2H3. The molecule has 21 heavy (non-hydrogen) atoms. The van der Waals surface area contributed by atoms with Gasteiger partial charge < -0.3 is 10.1 Å². The van der Waals surface area contributed by atoms with E-state index in [1.807, 2.05) is 0 Å². The molecule has 0 amide bonds. The summed E-state index contributed by atoms with van der Waals surface area (Å²) in [5.41, 5.74) is 0. The minimum atomic E-state index is 0.678. The van der Waals surface area contributed by atoms with Crippen LogP contribution in [0.1, 0.15) is 58.8 Å². The van der Waals surface area contributed by atoms with Crippen LogP contribution in [0.3, 0.4) is 0 Å². The summed E-state index contributed by atoms with van der Waals surface area (Å²) < 4.78 is 5.69. The molecule has 0 aromatic rings. The van der Waals surface area contributed by atoms with Gasteiger partial charge in [-0.3, -0.25) is 4.90 Å². The molecule has 0 aromatic heterocycles. The van der Waals surface area contributed by atoms with E-state index in [4.69, 9.17) is 4.74 Å². The Hall–Kier alpha value is -0.120. The van der Waals surface area contributed by atoms with Gasteiger partial charge in [0.1, 0.15) is 0 Å². The highest BCUT2D eigenvalue weighted by molar-refractivity contribution is 4.95. The molecule has 0 radical (unpaired) electrons. The van der Waals surface area contributed by atoms with Crippen LogP contribution in [0.4, 0.5) is 0 Å². The Kier molecular flexibility index (Phi) is 5.58. The first kappa shape index (κ1) is 15.8. The van der Waals surface area contributed by atoms with Gasteiger partial charge in [-0.15, -0.1) is 0 Å². The molecular formula is C18H34N2O. The lowest BCUT2D eigenvalue weighted by molar-refractivity contribution is 0.0270. The molecule has 3 aliphatic rings. The molecule has 4 atom stereocenters. The Morgan fingerprint density at radius 1 is 1.19 bits per heavy atom. The Bertz CT molecular complexity index is 310. The van der Waals surface area contributed by atoms with E-state index < -0.39 is 0 Å². The van der Waals surface area contributed by atoms with Crippen LogP contribution in [0.2, 0.25) is 0 Å². The molecule has 3 fully saturated rings. The molecule has 0 aromatic carbocycles. The van der Waals surface area contributed by atoms with E-state index in [-0.39, 0.29) is 0 Å². The zero-order valence-corrected chi connectivity index (χ0v) is 14.0. The number of nitrogens with zero attached hydrogens (tertiary/aromatic N) is 1. The molecule has 122 valence electrons. The van der Waals surface area contributed by atoms with Gasteiger partial charge in [0.2, 0.25) is 0 Å². The van der Waals surface area contributed by atoms with Gasteiger partial charge in [0.05, 0.1) is 6.61 Å². The summed E-state index contributed by atoms with van der Waals surface area (Å²) in [6, 6.07) is 2.12. The number of hydrogen-bond donors (Lipinski definition) is 1. The van der Waals surface area contributed by atoms with E-state index in [1.165, 1.54) is 58.0 Å². The van der Waals surface area contributed by atoms with Gasteiger partial charge in [-0.05, 0) is 31.1 Å². The first-order chi connectivity index (χ1) is 10.3. The quantitative estimate of drug-likeness (QED) is 0.862. The van der Waals surface area contributed by atoms with Gasteiger partial charge in [0.15, 0.2) is 0 Å². The third-order valence-corrected chi connectivity index (χ3v) is 6.32. The third-order valence-electron chi connectivity index (χ3n) is 6.32. The topological polar surface area (TPSA) is 24.5 Å². The molecule has 1 aliphatic carbocycles. The predicted octanol–water partition coefficient (Wildman–Crippen LogP) is 3.04. The number of rotatable bonds is 4. The van der Waals surface area contributed by atoms with Gasteiger partial charge in [0, 0.05) is 37.8 Å². The van der Waals surface area contributed by atoms with Crippen molar-refractivity contribution in [1.29, 1.82) is 0 Å². The Morgan fingerprint density at radius 2 is 2.00 bits per heavy atom. The van der Waals surface area contributed by atoms with Gasteiger partial charge in [-0.1, -0.05) is 39.5 Å². The summed E-state index contributed by atoms with van der Waals surface area (Å²) in [5, 5.41) is 3.93. The van der Waals surface area contributed by atoms with Crippen molar-refractivity contribution in [2.75, 3.05) is 26.3 Å². The fraction of sp³-hybridized carbons (Fsp3) is 1.00. The van der Waals surface area contributed by atoms with Gasteiger partial charge >= 0.3 is 0 Å². The third kappa shape index (κ3) is 3.62. The number of nitrogens with one attached hydrogen (secondary N) is 1. The van der Waals surface area contributed by atoms with E-state index in [9.17, 15) is 0 Å². The van der Waals surface area contributed by atoms with Crippen molar-refractivity contribution >= 4 is 0 Å². The summed E-state index contributed by atoms with van der Waals surface area (Å²) in [6.45, 7) is 9.14. The molecule has 4 unspecified atom stereocenters. The molecular weight excluding hydrogens is 260 g/mol. The molecule has 1 N–H and O–H groups in total. The van der Waals surface area contributed by atoms with Crippen molar-refractivity contribution in [2.24, 2.45) is 11.8 Å². The zero-order chi connectivity index (χ0) is 14.7. The summed E-state index contributed by atoms with van der Waals surface area (Å²) in [4.78, 5) is 2.83. The highest BCUT2D eigenvalue weighted by Crippen LogP contribution is 2.31. The maximum atomic E-state index is 5.69. The lowest BCUT2D eigenvalue weighted by Gasteiger charge is -2.48. The number of ether oxygens (including phenoxy) is 1. The van der Waals surface area contributed by atoms with E-state index in [1.54, 1.807) is 0 Å². The Balaban J connectivity index is 1.66. The molecule has 2 heterocycles. The normalized spacial score (nSPS) is 37.7. The molecule has 1 saturated carbocycles. The van der Waals surface area contributed by atoms with E-state index in [0.717, 1.165) is 31.1 Å². The van der Waals surface area contributed by atoms with Crippen molar-refractivity contribution < 1.29 is 4.74 Å². The fourth-order valence-electron chi connectivity index (χ4n) is 4.67. The smallest absolute Gasteiger partial charge is 0.0622 e. The largest absolute Gasteiger partial charge is 0.380 e. The van der Waals surface area contributed by atoms with Crippen LogP contribution in [0, 0.1) is 11.8 Å². The molecule has 3 heteroatoms. The van der Waals surface area contributed by atoms with E-state index >= 15 is 0 Å². The highest BCUT2D eigenvalue weighted by atomic mass is 16.5. The Morgan fingerprint density at radius 3 is 2.67 bits per heavy atom. The van der Waals surface area contributed by atoms with Gasteiger partial charge in [-0.2, -0.15) is 0 Å². The van der Waals surface area contributed by atoms with Crippen LogP contribution < -0.4 is 5.32 Å². The first-order valence-electron chi connectivity index (χ1n) is 9.36. The molecule has 2 saturated heterocycles. The van der Waals surface area contributed by atoms with Crippen molar-refractivity contribution in [3.05, 3.63) is 0 Å². The summed E-state index contributed by atoms with van der Waals surface area (Å²) >= 11 is 0. The highest BCUT2D eigenvalue weighted by Gasteiger charge is 2.38. The van der Waals surface area contributed by atoms with Gasteiger partial charge in [-0.25, -0.2) is 0 Å². The summed E-state index contributed by atoms with van der Waals surface area (Å²) in [5.74, 6) is 1.70. The van der Waals surface area contributed by atoms with Crippen molar-refractivity contribution in [3.8, 4) is 0 Å². The molecule has 3 nitrogen and oxygen atoms in total. The van der Waals surface area contributed by atoms with E-state index in [0.29, 0.717) is 12.1 Å². The second kappa shape index (κ2) is 7.43. The van der Waals surface area contributed by atoms with Crippen molar-refractivity contribution in [2.45, 2.75) is 76.9 Å². The van der Waals surface area contributed by atoms with Gasteiger partial charge in [0.25, 0.3) is 0 Å². The van der Waals surface area contributed by atoms with Crippen LogP contribution in [0.5, 0.6) is 0 Å². The predicted molar refractivity (Wildman–Crippen MR) is 87.5 cm³/mol.